The van der Waals surface area contributed by atoms with E-state index in [-0.39, 0.29) is 6.23 Å². The molecule has 0 radical (unpaired) electrons. The van der Waals surface area contributed by atoms with Gasteiger partial charge in [-0.25, -0.2) is 9.67 Å². The van der Waals surface area contributed by atoms with Crippen LogP contribution < -0.4 is 0 Å². The van der Waals surface area contributed by atoms with Crippen LogP contribution >= 0.6 is 0 Å². The van der Waals surface area contributed by atoms with E-state index in [0.717, 1.165) is 48.3 Å². The van der Waals surface area contributed by atoms with Crippen molar-refractivity contribution in [2.24, 2.45) is 0 Å². The van der Waals surface area contributed by atoms with Gasteiger partial charge >= 0.3 is 0 Å². The molecular formula is C19H23N5O. The van der Waals surface area contributed by atoms with Gasteiger partial charge in [-0.05, 0) is 57.1 Å². The molecule has 0 N–H and O–H groups in total. The Morgan fingerprint density at radius 2 is 2.12 bits per heavy atom. The van der Waals surface area contributed by atoms with E-state index in [9.17, 15) is 0 Å². The van der Waals surface area contributed by atoms with E-state index in [1.807, 2.05) is 29.3 Å². The Morgan fingerprint density at radius 3 is 2.92 bits per heavy atom. The van der Waals surface area contributed by atoms with Crippen LogP contribution in [0.4, 0.5) is 0 Å². The van der Waals surface area contributed by atoms with Crippen molar-refractivity contribution in [1.82, 2.24) is 24.6 Å². The van der Waals surface area contributed by atoms with Crippen LogP contribution in [0.5, 0.6) is 0 Å². The van der Waals surface area contributed by atoms with E-state index < -0.39 is 0 Å². The summed E-state index contributed by atoms with van der Waals surface area (Å²) in [4.78, 5) is 11.3. The number of ether oxygens (including phenoxy) is 1. The summed E-state index contributed by atoms with van der Waals surface area (Å²) < 4.78 is 7.82. The number of rotatable bonds is 4. The van der Waals surface area contributed by atoms with E-state index in [1.54, 1.807) is 0 Å². The van der Waals surface area contributed by atoms with E-state index in [0.29, 0.717) is 0 Å². The fraction of sp³-hybridized carbons (Fsp3) is 0.421. The van der Waals surface area contributed by atoms with Crippen LogP contribution in [-0.4, -0.2) is 45.4 Å². The zero-order chi connectivity index (χ0) is 17.2. The number of hydrogen-bond donors (Lipinski definition) is 0. The molecule has 0 saturated carbocycles. The predicted molar refractivity (Wildman–Crippen MR) is 97.0 cm³/mol. The van der Waals surface area contributed by atoms with Gasteiger partial charge in [0.05, 0.1) is 17.4 Å². The lowest BCUT2D eigenvalue weighted by molar-refractivity contribution is -0.0366. The minimum Gasteiger partial charge on any atom is -0.356 e. The molecular weight excluding hydrogens is 314 g/mol. The van der Waals surface area contributed by atoms with Crippen LogP contribution in [0.15, 0.2) is 36.8 Å². The molecule has 0 aromatic carbocycles. The molecule has 0 aliphatic carbocycles. The van der Waals surface area contributed by atoms with Crippen molar-refractivity contribution >= 4 is 11.0 Å². The normalized spacial score (nSPS) is 18.1. The van der Waals surface area contributed by atoms with E-state index in [4.69, 9.17) is 9.72 Å². The third-order valence-electron chi connectivity index (χ3n) is 4.47. The number of hydrogen-bond acceptors (Lipinski definition) is 5. The number of nitrogens with zero attached hydrogens (tertiary/aromatic N) is 5. The Labute approximate surface area is 147 Å². The van der Waals surface area contributed by atoms with Crippen molar-refractivity contribution in [3.05, 3.63) is 42.4 Å². The van der Waals surface area contributed by atoms with Crippen molar-refractivity contribution in [2.75, 3.05) is 20.7 Å². The average Bonchev–Trinajstić information content (AvgIpc) is 3.05. The molecule has 130 valence electrons. The van der Waals surface area contributed by atoms with Gasteiger partial charge in [0.2, 0.25) is 0 Å². The van der Waals surface area contributed by atoms with Crippen molar-refractivity contribution in [2.45, 2.75) is 32.0 Å². The molecule has 6 heteroatoms. The minimum absolute atomic E-state index is 0.0315. The molecule has 0 bridgehead atoms. The second kappa shape index (κ2) is 6.90. The zero-order valence-electron chi connectivity index (χ0n) is 14.7. The molecule has 1 unspecified atom stereocenters. The Balaban J connectivity index is 1.66. The first-order valence-corrected chi connectivity index (χ1v) is 8.75. The summed E-state index contributed by atoms with van der Waals surface area (Å²) >= 11 is 0. The highest BCUT2D eigenvalue weighted by atomic mass is 16.5. The summed E-state index contributed by atoms with van der Waals surface area (Å²) in [5.41, 5.74) is 5.04. The summed E-state index contributed by atoms with van der Waals surface area (Å²) in [5.74, 6) is 0. The van der Waals surface area contributed by atoms with Crippen LogP contribution in [-0.2, 0) is 11.3 Å². The topological polar surface area (TPSA) is 56.1 Å². The molecule has 1 fully saturated rings. The van der Waals surface area contributed by atoms with Gasteiger partial charge in [0.1, 0.15) is 5.52 Å². The maximum absolute atomic E-state index is 5.86. The van der Waals surface area contributed by atoms with Gasteiger partial charge < -0.3 is 9.64 Å². The molecule has 1 aliphatic rings. The van der Waals surface area contributed by atoms with Gasteiger partial charge in [-0.15, -0.1) is 0 Å². The highest BCUT2D eigenvalue weighted by Gasteiger charge is 2.19. The van der Waals surface area contributed by atoms with Crippen LogP contribution in [0.25, 0.3) is 22.3 Å². The van der Waals surface area contributed by atoms with Gasteiger partial charge in [0.15, 0.2) is 6.23 Å². The smallest absolute Gasteiger partial charge is 0.150 e. The monoisotopic (exact) mass is 337 g/mol. The summed E-state index contributed by atoms with van der Waals surface area (Å²) in [5, 5.41) is 4.52. The van der Waals surface area contributed by atoms with Gasteiger partial charge in [-0.2, -0.15) is 5.10 Å². The molecule has 1 aliphatic heterocycles. The summed E-state index contributed by atoms with van der Waals surface area (Å²) in [6.07, 6.45) is 8.95. The van der Waals surface area contributed by atoms with Crippen molar-refractivity contribution in [1.29, 1.82) is 0 Å². The number of pyridine rings is 2. The standard InChI is InChI=1S/C19H23N5O/c1-23(2)13-14-9-15(11-20-10-14)16-6-7-18-17(22-16)12-21-24(18)19-5-3-4-8-25-19/h6-7,9-12,19H,3-5,8,13H2,1-2H3. The van der Waals surface area contributed by atoms with Crippen LogP contribution in [0.2, 0.25) is 0 Å². The van der Waals surface area contributed by atoms with Gasteiger partial charge in [0, 0.05) is 31.1 Å². The third-order valence-corrected chi connectivity index (χ3v) is 4.47. The molecule has 25 heavy (non-hydrogen) atoms. The minimum atomic E-state index is 0.0315. The zero-order valence-corrected chi connectivity index (χ0v) is 14.7. The molecule has 1 atom stereocenters. The fourth-order valence-corrected chi connectivity index (χ4v) is 3.32. The molecule has 0 spiro atoms. The predicted octanol–water partition coefficient (Wildman–Crippen LogP) is 3.25. The maximum Gasteiger partial charge on any atom is 0.150 e. The fourth-order valence-electron chi connectivity index (χ4n) is 3.32. The van der Waals surface area contributed by atoms with Crippen molar-refractivity contribution in [3.8, 4) is 11.3 Å². The van der Waals surface area contributed by atoms with E-state index >= 15 is 0 Å². The third kappa shape index (κ3) is 3.41. The SMILES string of the molecule is CN(C)Cc1cncc(-c2ccc3c(cnn3C3CCCCO3)n2)c1. The van der Waals surface area contributed by atoms with Gasteiger partial charge in [-0.1, -0.05) is 0 Å². The van der Waals surface area contributed by atoms with E-state index in [1.165, 1.54) is 12.0 Å². The van der Waals surface area contributed by atoms with Gasteiger partial charge in [0.25, 0.3) is 0 Å². The first-order valence-electron chi connectivity index (χ1n) is 8.75. The first kappa shape index (κ1) is 16.2. The molecule has 0 amide bonds. The Kier molecular flexibility index (Phi) is 4.46. The quantitative estimate of drug-likeness (QED) is 0.731. The number of aromatic nitrogens is 4. The van der Waals surface area contributed by atoms with Crippen molar-refractivity contribution < 1.29 is 4.74 Å². The van der Waals surface area contributed by atoms with Crippen LogP contribution in [0.1, 0.15) is 31.1 Å². The summed E-state index contributed by atoms with van der Waals surface area (Å²) in [6.45, 7) is 1.67. The number of fused-ring (bicyclic) bond motifs is 1. The molecule has 3 aromatic rings. The Bertz CT molecular complexity index is 867. The van der Waals surface area contributed by atoms with E-state index in [2.05, 4.69) is 41.2 Å². The largest absolute Gasteiger partial charge is 0.356 e. The Morgan fingerprint density at radius 1 is 1.20 bits per heavy atom. The van der Waals surface area contributed by atoms with Crippen LogP contribution in [0.3, 0.4) is 0 Å². The lowest BCUT2D eigenvalue weighted by Crippen LogP contribution is -2.18. The highest BCUT2D eigenvalue weighted by molar-refractivity contribution is 5.78. The maximum atomic E-state index is 5.86. The lowest BCUT2D eigenvalue weighted by atomic mass is 10.1. The molecule has 4 rings (SSSR count). The first-order chi connectivity index (χ1) is 12.2. The molecule has 3 aromatic heterocycles. The second-order valence-electron chi connectivity index (χ2n) is 6.83. The van der Waals surface area contributed by atoms with Crippen LogP contribution in [0, 0.1) is 0 Å². The summed E-state index contributed by atoms with van der Waals surface area (Å²) in [7, 11) is 4.11. The molecule has 6 nitrogen and oxygen atoms in total. The van der Waals surface area contributed by atoms with Crippen molar-refractivity contribution in [3.63, 3.8) is 0 Å². The molecule has 4 heterocycles. The molecule has 1 saturated heterocycles. The Hall–Kier alpha value is -2.31. The lowest BCUT2D eigenvalue weighted by Gasteiger charge is -2.23. The summed E-state index contributed by atoms with van der Waals surface area (Å²) in [6, 6.07) is 6.27. The second-order valence-corrected chi connectivity index (χ2v) is 6.83. The van der Waals surface area contributed by atoms with Gasteiger partial charge in [-0.3, -0.25) is 4.98 Å². The highest BCUT2D eigenvalue weighted by Crippen LogP contribution is 2.27. The average molecular weight is 337 g/mol.